The standard InChI is InChI=1S/C13H15ClN2O4/c1-8-10(14)6-9(12(18)19)7-11(8)16(4-3-5-17)13(20)15-2/h5-7H,3-4H2,1-2H3,(H,15,20)(H,18,19). The Hall–Kier alpha value is -2.08. The second-order valence-electron chi connectivity index (χ2n) is 4.07. The smallest absolute Gasteiger partial charge is 0.335 e. The molecular formula is C13H15ClN2O4. The number of aromatic carboxylic acids is 1. The summed E-state index contributed by atoms with van der Waals surface area (Å²) in [6, 6.07) is 2.25. The molecule has 0 aromatic heterocycles. The van der Waals surface area contributed by atoms with E-state index in [9.17, 15) is 14.4 Å². The third-order valence-electron chi connectivity index (χ3n) is 2.78. The normalized spacial score (nSPS) is 9.95. The molecule has 0 aliphatic heterocycles. The Morgan fingerprint density at radius 1 is 1.45 bits per heavy atom. The number of halogens is 1. The van der Waals surface area contributed by atoms with Crippen molar-refractivity contribution in [3.8, 4) is 0 Å². The second-order valence-corrected chi connectivity index (χ2v) is 4.48. The van der Waals surface area contributed by atoms with E-state index in [0.29, 0.717) is 17.5 Å². The molecule has 0 spiro atoms. The highest BCUT2D eigenvalue weighted by Gasteiger charge is 2.19. The fraction of sp³-hybridized carbons (Fsp3) is 0.308. The van der Waals surface area contributed by atoms with Crippen LogP contribution in [0.4, 0.5) is 10.5 Å². The van der Waals surface area contributed by atoms with Gasteiger partial charge in [0.05, 0.1) is 11.3 Å². The summed E-state index contributed by atoms with van der Waals surface area (Å²) in [6.45, 7) is 1.82. The Morgan fingerprint density at radius 3 is 2.60 bits per heavy atom. The van der Waals surface area contributed by atoms with Crippen molar-refractivity contribution in [3.63, 3.8) is 0 Å². The number of nitrogens with zero attached hydrogens (tertiary/aromatic N) is 1. The molecular weight excluding hydrogens is 284 g/mol. The molecule has 0 aliphatic carbocycles. The summed E-state index contributed by atoms with van der Waals surface area (Å²) in [5.41, 5.74) is 0.929. The predicted molar refractivity (Wildman–Crippen MR) is 75.6 cm³/mol. The number of amides is 2. The third-order valence-corrected chi connectivity index (χ3v) is 3.18. The SMILES string of the molecule is CNC(=O)N(CCC=O)c1cc(C(=O)O)cc(Cl)c1C. The van der Waals surface area contributed by atoms with Gasteiger partial charge in [-0.1, -0.05) is 11.6 Å². The predicted octanol–water partition coefficient (Wildman–Crippen LogP) is 2.08. The molecule has 0 radical (unpaired) electrons. The van der Waals surface area contributed by atoms with Gasteiger partial charge in [-0.2, -0.15) is 0 Å². The number of carboxylic acids is 1. The maximum absolute atomic E-state index is 11.9. The molecule has 1 aromatic carbocycles. The van der Waals surface area contributed by atoms with E-state index in [4.69, 9.17) is 16.7 Å². The van der Waals surface area contributed by atoms with Gasteiger partial charge >= 0.3 is 12.0 Å². The Balaban J connectivity index is 3.33. The Labute approximate surface area is 121 Å². The maximum Gasteiger partial charge on any atom is 0.335 e. The van der Waals surface area contributed by atoms with Crippen LogP contribution in [0, 0.1) is 6.92 Å². The van der Waals surface area contributed by atoms with Crippen LogP contribution in [0.2, 0.25) is 5.02 Å². The quantitative estimate of drug-likeness (QED) is 0.815. The zero-order chi connectivity index (χ0) is 15.3. The lowest BCUT2D eigenvalue weighted by Crippen LogP contribution is -2.39. The molecule has 2 amide bonds. The number of hydrogen-bond acceptors (Lipinski definition) is 3. The van der Waals surface area contributed by atoms with Crippen molar-refractivity contribution < 1.29 is 19.5 Å². The van der Waals surface area contributed by atoms with Gasteiger partial charge in [0.25, 0.3) is 0 Å². The molecule has 7 heteroatoms. The Bertz CT molecular complexity index is 545. The van der Waals surface area contributed by atoms with Crippen LogP contribution in [0.15, 0.2) is 12.1 Å². The van der Waals surface area contributed by atoms with Gasteiger partial charge in [-0.15, -0.1) is 0 Å². The summed E-state index contributed by atoms with van der Waals surface area (Å²) in [4.78, 5) is 34.7. The van der Waals surface area contributed by atoms with Gasteiger partial charge in [-0.05, 0) is 24.6 Å². The van der Waals surface area contributed by atoms with E-state index in [1.807, 2.05) is 0 Å². The van der Waals surface area contributed by atoms with Gasteiger partial charge in [0, 0.05) is 25.0 Å². The zero-order valence-electron chi connectivity index (χ0n) is 11.1. The first kappa shape index (κ1) is 16.0. The number of carbonyl (C=O) groups is 3. The first-order valence-corrected chi connectivity index (χ1v) is 6.26. The van der Waals surface area contributed by atoms with Crippen LogP contribution in [0.25, 0.3) is 0 Å². The molecule has 20 heavy (non-hydrogen) atoms. The minimum atomic E-state index is -1.14. The van der Waals surface area contributed by atoms with E-state index < -0.39 is 12.0 Å². The number of aldehydes is 1. The van der Waals surface area contributed by atoms with E-state index >= 15 is 0 Å². The topological polar surface area (TPSA) is 86.7 Å². The largest absolute Gasteiger partial charge is 0.478 e. The third kappa shape index (κ3) is 3.48. The number of hydrogen-bond donors (Lipinski definition) is 2. The van der Waals surface area contributed by atoms with E-state index in [0.717, 1.165) is 0 Å². The summed E-state index contributed by atoms with van der Waals surface area (Å²) in [5.74, 6) is -1.14. The van der Waals surface area contributed by atoms with Crippen LogP contribution < -0.4 is 10.2 Å². The van der Waals surface area contributed by atoms with Crippen molar-refractivity contribution in [1.29, 1.82) is 0 Å². The number of carbonyl (C=O) groups excluding carboxylic acids is 2. The minimum Gasteiger partial charge on any atom is -0.478 e. The fourth-order valence-electron chi connectivity index (χ4n) is 1.72. The number of anilines is 1. The monoisotopic (exact) mass is 298 g/mol. The Morgan fingerprint density at radius 2 is 2.10 bits per heavy atom. The van der Waals surface area contributed by atoms with Crippen molar-refractivity contribution in [3.05, 3.63) is 28.3 Å². The number of benzene rings is 1. The average molecular weight is 299 g/mol. The lowest BCUT2D eigenvalue weighted by Gasteiger charge is -2.24. The van der Waals surface area contributed by atoms with E-state index in [2.05, 4.69) is 5.32 Å². The van der Waals surface area contributed by atoms with Gasteiger partial charge in [0.15, 0.2) is 0 Å². The van der Waals surface area contributed by atoms with Crippen LogP contribution in [-0.2, 0) is 4.79 Å². The van der Waals surface area contributed by atoms with E-state index in [-0.39, 0.29) is 23.6 Å². The first-order valence-electron chi connectivity index (χ1n) is 5.88. The minimum absolute atomic E-state index is 0.0180. The molecule has 0 aliphatic rings. The summed E-state index contributed by atoms with van der Waals surface area (Å²) >= 11 is 6.00. The van der Waals surface area contributed by atoms with Crippen molar-refractivity contribution in [2.45, 2.75) is 13.3 Å². The van der Waals surface area contributed by atoms with E-state index in [1.54, 1.807) is 6.92 Å². The zero-order valence-corrected chi connectivity index (χ0v) is 11.9. The number of carboxylic acid groups (broad SMARTS) is 1. The molecule has 1 aromatic rings. The maximum atomic E-state index is 11.9. The molecule has 0 saturated carbocycles. The molecule has 0 bridgehead atoms. The summed E-state index contributed by atoms with van der Waals surface area (Å²) in [7, 11) is 1.45. The summed E-state index contributed by atoms with van der Waals surface area (Å²) in [5, 5.41) is 11.7. The highest BCUT2D eigenvalue weighted by molar-refractivity contribution is 6.32. The number of urea groups is 1. The van der Waals surface area contributed by atoms with Crippen LogP contribution in [0.5, 0.6) is 0 Å². The highest BCUT2D eigenvalue weighted by Crippen LogP contribution is 2.29. The Kier molecular flexibility index (Phi) is 5.52. The molecule has 0 heterocycles. The molecule has 6 nitrogen and oxygen atoms in total. The molecule has 0 atom stereocenters. The van der Waals surface area contributed by atoms with E-state index in [1.165, 1.54) is 24.1 Å². The second kappa shape index (κ2) is 6.91. The van der Waals surface area contributed by atoms with Crippen molar-refractivity contribution in [1.82, 2.24) is 5.32 Å². The average Bonchev–Trinajstić information content (AvgIpc) is 2.42. The fourth-order valence-corrected chi connectivity index (χ4v) is 1.93. The van der Waals surface area contributed by atoms with Crippen LogP contribution in [0.1, 0.15) is 22.3 Å². The summed E-state index contributed by atoms with van der Waals surface area (Å²) in [6.07, 6.45) is 0.829. The van der Waals surface area contributed by atoms with Gasteiger partial charge in [0.2, 0.25) is 0 Å². The highest BCUT2D eigenvalue weighted by atomic mass is 35.5. The van der Waals surface area contributed by atoms with Crippen molar-refractivity contribution >= 4 is 35.6 Å². The summed E-state index contributed by atoms with van der Waals surface area (Å²) < 4.78 is 0. The molecule has 108 valence electrons. The first-order chi connectivity index (χ1) is 9.42. The molecule has 0 unspecified atom stereocenters. The molecule has 1 rings (SSSR count). The van der Waals surface area contributed by atoms with Crippen LogP contribution >= 0.6 is 11.6 Å². The molecule has 2 N–H and O–H groups in total. The number of nitrogens with one attached hydrogen (secondary N) is 1. The van der Waals surface area contributed by atoms with Gasteiger partial charge in [-0.25, -0.2) is 9.59 Å². The molecule has 0 fully saturated rings. The van der Waals surface area contributed by atoms with Crippen molar-refractivity contribution in [2.75, 3.05) is 18.5 Å². The van der Waals surface area contributed by atoms with Gasteiger partial charge in [-0.3, -0.25) is 4.90 Å². The van der Waals surface area contributed by atoms with Crippen LogP contribution in [0.3, 0.4) is 0 Å². The lowest BCUT2D eigenvalue weighted by molar-refractivity contribution is -0.107. The van der Waals surface area contributed by atoms with Crippen molar-refractivity contribution in [2.24, 2.45) is 0 Å². The van der Waals surface area contributed by atoms with Crippen LogP contribution in [-0.4, -0.2) is 37.0 Å². The molecule has 0 saturated heterocycles. The van der Waals surface area contributed by atoms with Gasteiger partial charge in [0.1, 0.15) is 6.29 Å². The van der Waals surface area contributed by atoms with Gasteiger partial charge < -0.3 is 15.2 Å². The lowest BCUT2D eigenvalue weighted by atomic mass is 10.1. The number of rotatable bonds is 5.